The van der Waals surface area contributed by atoms with Crippen LogP contribution in [0.2, 0.25) is 0 Å². The number of hydrogen-bond donors (Lipinski definition) is 0. The molecule has 0 atom stereocenters. The number of fused-ring (bicyclic) bond motifs is 6. The average Bonchev–Trinajstić information content (AvgIpc) is 3.46. The van der Waals surface area contributed by atoms with E-state index in [4.69, 9.17) is 0 Å². The van der Waals surface area contributed by atoms with Gasteiger partial charge in [0.2, 0.25) is 0 Å². The van der Waals surface area contributed by atoms with E-state index in [0.29, 0.717) is 0 Å². The molecule has 72 heavy (non-hydrogen) atoms. The largest absolute Gasteiger partial charge is 0.311 e. The van der Waals surface area contributed by atoms with Gasteiger partial charge in [-0.15, -0.1) is 0 Å². The Hall–Kier alpha value is -9.10. The van der Waals surface area contributed by atoms with Crippen molar-refractivity contribution in [3.63, 3.8) is 0 Å². The Morgan fingerprint density at radius 1 is 0.278 bits per heavy atom. The first-order chi connectivity index (χ1) is 35.8. The predicted molar refractivity (Wildman–Crippen MR) is 307 cm³/mol. The van der Waals surface area contributed by atoms with E-state index in [1.54, 1.807) is 0 Å². The summed E-state index contributed by atoms with van der Waals surface area (Å²) in [5.41, 5.74) is 17.5. The van der Waals surface area contributed by atoms with Crippen LogP contribution in [0.15, 0.2) is 285 Å². The molecule has 3 aliphatic rings. The number of anilines is 12. The third kappa shape index (κ3) is 6.39. The summed E-state index contributed by atoms with van der Waals surface area (Å²) >= 11 is 0. The lowest BCUT2D eigenvalue weighted by molar-refractivity contribution is 1.22. The average molecular weight is 935 g/mol. The highest BCUT2D eigenvalue weighted by molar-refractivity contribution is 7.21. The molecule has 3 heterocycles. The van der Waals surface area contributed by atoms with E-state index in [-0.39, 0.29) is 6.71 Å². The van der Waals surface area contributed by atoms with Gasteiger partial charge < -0.3 is 19.6 Å². The molecule has 338 valence electrons. The Labute approximate surface area is 422 Å². The van der Waals surface area contributed by atoms with Crippen molar-refractivity contribution >= 4 is 120 Å². The van der Waals surface area contributed by atoms with Crippen molar-refractivity contribution in [3.8, 4) is 0 Å². The smallest absolute Gasteiger partial charge is 0.252 e. The van der Waals surface area contributed by atoms with E-state index < -0.39 is 8.07 Å². The third-order valence-corrected chi connectivity index (χ3v) is 19.9. The molecule has 0 saturated carbocycles. The van der Waals surface area contributed by atoms with Gasteiger partial charge in [-0.2, -0.15) is 0 Å². The summed E-state index contributed by atoms with van der Waals surface area (Å²) in [5, 5.41) is 5.51. The first kappa shape index (κ1) is 41.8. The summed E-state index contributed by atoms with van der Waals surface area (Å²) in [6.45, 7) is -0.0525. The van der Waals surface area contributed by atoms with Gasteiger partial charge in [0, 0.05) is 62.6 Å². The normalized spacial score (nSPS) is 13.6. The second kappa shape index (κ2) is 17.1. The van der Waals surface area contributed by atoms with Gasteiger partial charge in [-0.25, -0.2) is 0 Å². The summed E-state index contributed by atoms with van der Waals surface area (Å²) in [7, 11) is -2.82. The molecule has 0 N–H and O–H groups in total. The van der Waals surface area contributed by atoms with Crippen LogP contribution in [0.1, 0.15) is 0 Å². The molecule has 6 heteroatoms. The van der Waals surface area contributed by atoms with E-state index in [0.717, 1.165) is 51.2 Å². The maximum Gasteiger partial charge on any atom is 0.252 e. The quantitative estimate of drug-likeness (QED) is 0.141. The molecule has 3 aliphatic heterocycles. The number of rotatable bonds is 8. The molecule has 0 spiro atoms. The van der Waals surface area contributed by atoms with Crippen LogP contribution in [0.4, 0.5) is 68.2 Å². The molecule has 0 radical (unpaired) electrons. The molecule has 0 bridgehead atoms. The van der Waals surface area contributed by atoms with Crippen LogP contribution < -0.4 is 56.7 Å². The van der Waals surface area contributed by atoms with Gasteiger partial charge in [0.1, 0.15) is 0 Å². The molecule has 4 nitrogen and oxygen atoms in total. The minimum atomic E-state index is -2.82. The molecule has 14 rings (SSSR count). The number of hydrogen-bond acceptors (Lipinski definition) is 4. The minimum absolute atomic E-state index is 0.0525. The lowest BCUT2D eigenvalue weighted by Crippen LogP contribution is -2.77. The van der Waals surface area contributed by atoms with Crippen molar-refractivity contribution in [2.45, 2.75) is 0 Å². The Balaban J connectivity index is 1.05. The highest BCUT2D eigenvalue weighted by Crippen LogP contribution is 2.49. The molecular weight excluding hydrogens is 888 g/mol. The van der Waals surface area contributed by atoms with Gasteiger partial charge in [0.25, 0.3) is 6.71 Å². The van der Waals surface area contributed by atoms with E-state index in [2.05, 4.69) is 305 Å². The molecule has 0 amide bonds. The number of para-hydroxylation sites is 7. The predicted octanol–water partition coefficient (Wildman–Crippen LogP) is 12.4. The van der Waals surface area contributed by atoms with Crippen molar-refractivity contribution in [1.82, 2.24) is 0 Å². The molecule has 11 aromatic rings. The van der Waals surface area contributed by atoms with E-state index in [1.165, 1.54) is 54.2 Å². The van der Waals surface area contributed by atoms with Crippen molar-refractivity contribution in [2.75, 3.05) is 19.6 Å². The topological polar surface area (TPSA) is 13.0 Å². The maximum absolute atomic E-state index is 2.82. The van der Waals surface area contributed by atoms with Crippen molar-refractivity contribution in [1.29, 1.82) is 0 Å². The first-order valence-electron chi connectivity index (χ1n) is 24.9. The summed E-state index contributed by atoms with van der Waals surface area (Å²) in [6.07, 6.45) is 0. The zero-order valence-electron chi connectivity index (χ0n) is 39.5. The Kier molecular flexibility index (Phi) is 9.93. The van der Waals surface area contributed by atoms with Crippen molar-refractivity contribution in [2.24, 2.45) is 0 Å². The monoisotopic (exact) mass is 934 g/mol. The van der Waals surface area contributed by atoms with Crippen LogP contribution in [0.3, 0.4) is 0 Å². The Bertz CT molecular complexity index is 3660. The zero-order chi connectivity index (χ0) is 47.6. The standard InChI is InChI=1S/C66H47BN4Si/c1-7-25-48(26-8-1)68(49-27-9-2-10-28-49)53-46-62-66-63(47-53)70(51-31-13-4-14-32-51)61-45-52(43-44-57(61)67(66)56-37-19-20-38-58(56)69(62)50-29-11-3-12-30-50)71-59-39-21-23-41-64(59)72(54-33-15-5-16-34-54,55-35-17-6-18-36-55)65-42-24-22-40-60(65)71/h1-47H. The minimum Gasteiger partial charge on any atom is -0.311 e. The maximum atomic E-state index is 2.54. The van der Waals surface area contributed by atoms with E-state index in [9.17, 15) is 0 Å². The first-order valence-corrected chi connectivity index (χ1v) is 26.9. The van der Waals surface area contributed by atoms with E-state index >= 15 is 0 Å². The summed E-state index contributed by atoms with van der Waals surface area (Å²) in [5.74, 6) is 0. The summed E-state index contributed by atoms with van der Waals surface area (Å²) in [4.78, 5) is 9.97. The second-order valence-electron chi connectivity index (χ2n) is 18.8. The molecule has 0 unspecified atom stereocenters. The fraction of sp³-hybridized carbons (Fsp3) is 0. The second-order valence-corrected chi connectivity index (χ2v) is 22.6. The summed E-state index contributed by atoms with van der Waals surface area (Å²) in [6, 6.07) is 106. The van der Waals surface area contributed by atoms with Gasteiger partial charge in [-0.1, -0.05) is 194 Å². The Morgan fingerprint density at radius 3 is 1.18 bits per heavy atom. The third-order valence-electron chi connectivity index (χ3n) is 15.0. The van der Waals surface area contributed by atoms with Gasteiger partial charge >= 0.3 is 0 Å². The number of nitrogens with zero attached hydrogens (tertiary/aromatic N) is 4. The van der Waals surface area contributed by atoms with Crippen LogP contribution >= 0.6 is 0 Å². The summed E-state index contributed by atoms with van der Waals surface area (Å²) < 4.78 is 0. The van der Waals surface area contributed by atoms with Crippen molar-refractivity contribution < 1.29 is 0 Å². The van der Waals surface area contributed by atoms with Crippen molar-refractivity contribution in [3.05, 3.63) is 285 Å². The number of benzene rings is 11. The van der Waals surface area contributed by atoms with Gasteiger partial charge in [0.15, 0.2) is 8.07 Å². The highest BCUT2D eigenvalue weighted by atomic mass is 28.3. The molecular formula is C66H47BN4Si. The van der Waals surface area contributed by atoms with Crippen LogP contribution in [0.5, 0.6) is 0 Å². The van der Waals surface area contributed by atoms with Gasteiger partial charge in [-0.3, -0.25) is 0 Å². The lowest BCUT2D eigenvalue weighted by atomic mass is 9.33. The van der Waals surface area contributed by atoms with Gasteiger partial charge in [-0.05, 0) is 128 Å². The molecule has 11 aromatic carbocycles. The van der Waals surface area contributed by atoms with Gasteiger partial charge in [0.05, 0.1) is 5.69 Å². The van der Waals surface area contributed by atoms with Crippen LogP contribution in [-0.2, 0) is 0 Å². The zero-order valence-corrected chi connectivity index (χ0v) is 40.5. The van der Waals surface area contributed by atoms with Crippen LogP contribution in [0.25, 0.3) is 0 Å². The van der Waals surface area contributed by atoms with Crippen LogP contribution in [-0.4, -0.2) is 14.8 Å². The molecule has 0 aromatic heterocycles. The molecule has 0 saturated heterocycles. The lowest BCUT2D eigenvalue weighted by Gasteiger charge is -2.46. The molecule has 0 aliphatic carbocycles. The molecule has 0 fully saturated rings. The van der Waals surface area contributed by atoms with E-state index in [1.807, 2.05) is 0 Å². The van der Waals surface area contributed by atoms with Crippen LogP contribution in [0, 0.1) is 0 Å². The fourth-order valence-corrected chi connectivity index (χ4v) is 17.3. The highest BCUT2D eigenvalue weighted by Gasteiger charge is 2.49. The Morgan fingerprint density at radius 2 is 0.667 bits per heavy atom. The fourth-order valence-electron chi connectivity index (χ4n) is 12.2. The SMILES string of the molecule is c1ccc(N(c2ccccc2)c2cc3c4c(c2)N(c2ccccc2)c2cc(N5c6ccccc6[Si](c6ccccc6)(c6ccccc6)c6ccccc65)ccc2B4c2ccccc2N3c2ccccc2)cc1.